The topological polar surface area (TPSA) is 45.4 Å². The van der Waals surface area contributed by atoms with Crippen molar-refractivity contribution in [2.75, 3.05) is 19.6 Å². The molecule has 3 heterocycles. The minimum atomic E-state index is 0.122. The average Bonchev–Trinajstić information content (AvgIpc) is 3.17. The fourth-order valence-corrected chi connectivity index (χ4v) is 4.59. The second kappa shape index (κ2) is 7.88. The van der Waals surface area contributed by atoms with Gasteiger partial charge in [-0.2, -0.15) is 0 Å². The Bertz CT molecular complexity index is 972. The molecule has 29 heavy (non-hydrogen) atoms. The van der Waals surface area contributed by atoms with Crippen molar-refractivity contribution in [2.24, 2.45) is 0 Å². The zero-order valence-corrected chi connectivity index (χ0v) is 18.2. The largest absolute Gasteiger partial charge is 0.425 e. The van der Waals surface area contributed by atoms with E-state index in [0.29, 0.717) is 17.7 Å². The maximum absolute atomic E-state index is 5.39. The van der Waals surface area contributed by atoms with Crippen molar-refractivity contribution in [3.63, 3.8) is 0 Å². The van der Waals surface area contributed by atoms with E-state index in [1.165, 1.54) is 23.1 Å². The van der Waals surface area contributed by atoms with E-state index in [1.54, 1.807) is 0 Å². The summed E-state index contributed by atoms with van der Waals surface area (Å²) in [5, 5.41) is 0. The van der Waals surface area contributed by atoms with Crippen LogP contribution in [-0.2, 0) is 6.54 Å². The van der Waals surface area contributed by atoms with Crippen molar-refractivity contribution in [2.45, 2.75) is 58.7 Å². The molecule has 0 radical (unpaired) electrons. The lowest BCUT2D eigenvalue weighted by molar-refractivity contribution is 0.00566. The number of hydrogen-bond donors (Lipinski definition) is 0. The first kappa shape index (κ1) is 20.0. The number of fused-ring (bicyclic) bond motifs is 1. The molecule has 1 aliphatic heterocycles. The first-order chi connectivity index (χ1) is 13.8. The van der Waals surface area contributed by atoms with Gasteiger partial charge in [0.25, 0.3) is 0 Å². The number of aromatic nitrogens is 2. The molecule has 5 heteroatoms. The number of piperazine rings is 1. The van der Waals surface area contributed by atoms with E-state index in [4.69, 9.17) is 4.42 Å². The maximum Gasteiger partial charge on any atom is 0.246 e. The van der Waals surface area contributed by atoms with Crippen molar-refractivity contribution in [1.82, 2.24) is 19.8 Å². The Morgan fingerprint density at radius 3 is 2.66 bits per heavy atom. The Kier molecular flexibility index (Phi) is 5.45. The molecule has 0 spiro atoms. The molecule has 0 saturated carbocycles. The lowest BCUT2D eigenvalue weighted by Crippen LogP contribution is -2.55. The van der Waals surface area contributed by atoms with Gasteiger partial charge >= 0.3 is 0 Å². The van der Waals surface area contributed by atoms with Crippen molar-refractivity contribution in [3.05, 3.63) is 59.6 Å². The SMILES string of the molecule is CC(C)c1ccccc1C1CN(Cc2ccnc3ocnc23)CCN1C(C)(C)C. The molecule has 3 aromatic rings. The summed E-state index contributed by atoms with van der Waals surface area (Å²) >= 11 is 0. The summed E-state index contributed by atoms with van der Waals surface area (Å²) in [6.45, 7) is 15.5. The van der Waals surface area contributed by atoms with Gasteiger partial charge in [-0.05, 0) is 49.4 Å². The van der Waals surface area contributed by atoms with Crippen LogP contribution in [0.15, 0.2) is 47.3 Å². The molecule has 0 bridgehead atoms. The quantitative estimate of drug-likeness (QED) is 0.625. The van der Waals surface area contributed by atoms with E-state index in [0.717, 1.165) is 31.7 Å². The predicted molar refractivity (Wildman–Crippen MR) is 117 cm³/mol. The van der Waals surface area contributed by atoms with Crippen molar-refractivity contribution >= 4 is 11.2 Å². The third-order valence-electron chi connectivity index (χ3n) is 6.02. The number of rotatable bonds is 4. The molecule has 1 aliphatic rings. The number of hydrogen-bond acceptors (Lipinski definition) is 5. The number of oxazole rings is 1. The fourth-order valence-electron chi connectivity index (χ4n) is 4.59. The summed E-state index contributed by atoms with van der Waals surface area (Å²) in [4.78, 5) is 13.9. The van der Waals surface area contributed by atoms with Gasteiger partial charge in [-0.3, -0.25) is 9.80 Å². The lowest BCUT2D eigenvalue weighted by atomic mass is 9.88. The Hall–Kier alpha value is -2.24. The van der Waals surface area contributed by atoms with Gasteiger partial charge in [0.05, 0.1) is 0 Å². The van der Waals surface area contributed by atoms with Crippen LogP contribution in [0.5, 0.6) is 0 Å². The molecule has 4 rings (SSSR count). The molecule has 0 N–H and O–H groups in total. The average molecular weight is 393 g/mol. The van der Waals surface area contributed by atoms with Gasteiger partial charge in [0.1, 0.15) is 5.52 Å². The minimum absolute atomic E-state index is 0.122. The van der Waals surface area contributed by atoms with Crippen LogP contribution in [-0.4, -0.2) is 44.9 Å². The van der Waals surface area contributed by atoms with Crippen LogP contribution in [0.3, 0.4) is 0 Å². The van der Waals surface area contributed by atoms with E-state index in [9.17, 15) is 0 Å². The van der Waals surface area contributed by atoms with E-state index < -0.39 is 0 Å². The Balaban J connectivity index is 1.65. The zero-order valence-electron chi connectivity index (χ0n) is 18.2. The highest BCUT2D eigenvalue weighted by Crippen LogP contribution is 2.36. The minimum Gasteiger partial charge on any atom is -0.425 e. The van der Waals surface area contributed by atoms with Crippen LogP contribution in [0.2, 0.25) is 0 Å². The maximum atomic E-state index is 5.39. The van der Waals surface area contributed by atoms with Crippen LogP contribution < -0.4 is 0 Å². The summed E-state index contributed by atoms with van der Waals surface area (Å²) in [6.07, 6.45) is 3.31. The predicted octanol–water partition coefficient (Wildman–Crippen LogP) is 5.00. The molecule has 0 amide bonds. The summed E-state index contributed by atoms with van der Waals surface area (Å²) in [5.41, 5.74) is 5.72. The second-order valence-electron chi connectivity index (χ2n) is 9.37. The summed E-state index contributed by atoms with van der Waals surface area (Å²) in [6, 6.07) is 11.4. The van der Waals surface area contributed by atoms with E-state index in [2.05, 4.69) is 84.7 Å². The Morgan fingerprint density at radius 1 is 1.10 bits per heavy atom. The smallest absolute Gasteiger partial charge is 0.246 e. The normalized spacial score (nSPS) is 19.3. The van der Waals surface area contributed by atoms with Crippen molar-refractivity contribution in [1.29, 1.82) is 0 Å². The summed E-state index contributed by atoms with van der Waals surface area (Å²) in [7, 11) is 0. The molecule has 0 aliphatic carbocycles. The zero-order chi connectivity index (χ0) is 20.6. The molecule has 5 nitrogen and oxygen atoms in total. The first-order valence-corrected chi connectivity index (χ1v) is 10.6. The molecule has 1 atom stereocenters. The molecule has 154 valence electrons. The summed E-state index contributed by atoms with van der Waals surface area (Å²) in [5.74, 6) is 0.512. The van der Waals surface area contributed by atoms with Crippen LogP contribution >= 0.6 is 0 Å². The van der Waals surface area contributed by atoms with Gasteiger partial charge in [-0.15, -0.1) is 0 Å². The molecule has 1 saturated heterocycles. The number of nitrogens with zero attached hydrogens (tertiary/aromatic N) is 4. The third kappa shape index (κ3) is 4.07. The lowest BCUT2D eigenvalue weighted by Gasteiger charge is -2.49. The molecule has 1 unspecified atom stereocenters. The van der Waals surface area contributed by atoms with Crippen LogP contribution in [0, 0.1) is 0 Å². The Labute approximate surface area is 173 Å². The molecule has 1 fully saturated rings. The second-order valence-corrected chi connectivity index (χ2v) is 9.37. The van der Waals surface area contributed by atoms with Gasteiger partial charge in [-0.25, -0.2) is 9.97 Å². The highest BCUT2D eigenvalue weighted by atomic mass is 16.3. The van der Waals surface area contributed by atoms with Crippen molar-refractivity contribution < 1.29 is 4.42 Å². The van der Waals surface area contributed by atoms with E-state index in [1.807, 2.05) is 6.20 Å². The van der Waals surface area contributed by atoms with Gasteiger partial charge in [0, 0.05) is 44.0 Å². The standard InChI is InChI=1S/C24H32N4O/c1-17(2)19-8-6-7-9-20(19)21-15-27(12-13-28(21)24(3,4)5)14-18-10-11-25-23-22(18)26-16-29-23/h6-11,16-17,21H,12-15H2,1-5H3. The fraction of sp³-hybridized carbons (Fsp3) is 0.500. The van der Waals surface area contributed by atoms with Gasteiger partial charge < -0.3 is 4.42 Å². The van der Waals surface area contributed by atoms with Crippen LogP contribution in [0.1, 0.15) is 63.3 Å². The van der Waals surface area contributed by atoms with Gasteiger partial charge in [-0.1, -0.05) is 38.1 Å². The number of benzene rings is 1. The molecule has 1 aromatic carbocycles. The highest BCUT2D eigenvalue weighted by molar-refractivity contribution is 5.71. The molecular formula is C24H32N4O. The monoisotopic (exact) mass is 392 g/mol. The number of pyridine rings is 1. The van der Waals surface area contributed by atoms with Crippen LogP contribution in [0.25, 0.3) is 11.2 Å². The highest BCUT2D eigenvalue weighted by Gasteiger charge is 2.36. The summed E-state index contributed by atoms with van der Waals surface area (Å²) < 4.78 is 5.39. The third-order valence-corrected chi connectivity index (χ3v) is 6.02. The Morgan fingerprint density at radius 2 is 1.90 bits per heavy atom. The van der Waals surface area contributed by atoms with Crippen molar-refractivity contribution in [3.8, 4) is 0 Å². The van der Waals surface area contributed by atoms with Crippen LogP contribution in [0.4, 0.5) is 0 Å². The van der Waals surface area contributed by atoms with E-state index in [-0.39, 0.29) is 5.54 Å². The van der Waals surface area contributed by atoms with Gasteiger partial charge in [0.15, 0.2) is 6.39 Å². The van der Waals surface area contributed by atoms with Gasteiger partial charge in [0.2, 0.25) is 5.71 Å². The first-order valence-electron chi connectivity index (χ1n) is 10.6. The molecule has 2 aromatic heterocycles. The molecular weight excluding hydrogens is 360 g/mol. The van der Waals surface area contributed by atoms with E-state index >= 15 is 0 Å².